The third-order valence-electron chi connectivity index (χ3n) is 3.85. The lowest BCUT2D eigenvalue weighted by Crippen LogP contribution is -2.11. The van der Waals surface area contributed by atoms with Crippen molar-refractivity contribution >= 4 is 22.4 Å². The topological polar surface area (TPSA) is 54.9 Å². The number of thiazole rings is 1. The molecule has 4 nitrogen and oxygen atoms in total. The maximum absolute atomic E-state index is 12.6. The van der Waals surface area contributed by atoms with Gasteiger partial charge in [-0.2, -0.15) is 13.2 Å². The molecule has 0 fully saturated rings. The molecule has 3 aromatic rings. The summed E-state index contributed by atoms with van der Waals surface area (Å²) in [5.41, 5.74) is 1.11. The highest BCUT2D eigenvalue weighted by Gasteiger charge is 2.29. The summed E-state index contributed by atoms with van der Waals surface area (Å²) < 4.78 is 37.8. The van der Waals surface area contributed by atoms with Crippen molar-refractivity contribution in [1.82, 2.24) is 9.97 Å². The third kappa shape index (κ3) is 5.62. The summed E-state index contributed by atoms with van der Waals surface area (Å²) in [5, 5.41) is 3.23. The molecule has 0 bridgehead atoms. The molecule has 0 radical (unpaired) electrons. The van der Waals surface area contributed by atoms with E-state index in [-0.39, 0.29) is 5.91 Å². The van der Waals surface area contributed by atoms with E-state index in [4.69, 9.17) is 0 Å². The van der Waals surface area contributed by atoms with Gasteiger partial charge in [0.2, 0.25) is 5.91 Å². The fraction of sp³-hybridized carbons (Fsp3) is 0.211. The largest absolute Gasteiger partial charge is 0.416 e. The van der Waals surface area contributed by atoms with E-state index in [0.29, 0.717) is 24.4 Å². The van der Waals surface area contributed by atoms with E-state index in [0.717, 1.165) is 28.1 Å². The molecule has 0 aliphatic heterocycles. The Morgan fingerprint density at radius 1 is 1.04 bits per heavy atom. The highest BCUT2D eigenvalue weighted by atomic mass is 32.1. The van der Waals surface area contributed by atoms with Crippen molar-refractivity contribution in [3.05, 3.63) is 76.6 Å². The molecule has 1 N–H and O–H groups in total. The monoisotopic (exact) mass is 391 g/mol. The van der Waals surface area contributed by atoms with Gasteiger partial charge < -0.3 is 5.32 Å². The lowest BCUT2D eigenvalue weighted by molar-refractivity contribution is -0.137. The Morgan fingerprint density at radius 3 is 2.41 bits per heavy atom. The molecule has 0 aliphatic carbocycles. The van der Waals surface area contributed by atoms with E-state index in [9.17, 15) is 18.0 Å². The molecule has 3 rings (SSSR count). The normalized spacial score (nSPS) is 11.4. The number of carbonyl (C=O) groups excluding carboxylic acids is 1. The lowest BCUT2D eigenvalue weighted by atomic mass is 10.1. The minimum atomic E-state index is -4.34. The van der Waals surface area contributed by atoms with Crippen LogP contribution in [0.15, 0.2) is 55.0 Å². The molecule has 27 heavy (non-hydrogen) atoms. The van der Waals surface area contributed by atoms with E-state index in [1.807, 2.05) is 12.1 Å². The number of carbonyl (C=O) groups is 1. The summed E-state index contributed by atoms with van der Waals surface area (Å²) in [6.45, 7) is 0. The summed E-state index contributed by atoms with van der Waals surface area (Å²) >= 11 is 1.31. The van der Waals surface area contributed by atoms with Crippen LogP contribution in [0.2, 0.25) is 0 Å². The van der Waals surface area contributed by atoms with Crippen LogP contribution in [0.25, 0.3) is 0 Å². The standard InChI is InChI=1S/C19H16F3N3OS/c20-19(21,22)15-4-1-14(2-5-15)11-16-12-24-18(27-16)25-17(26)6-3-13-7-9-23-10-8-13/h1-2,4-5,7-10,12H,3,6,11H2,(H,24,25,26). The summed E-state index contributed by atoms with van der Waals surface area (Å²) in [4.78, 5) is 21.0. The number of nitrogens with zero attached hydrogens (tertiary/aromatic N) is 2. The van der Waals surface area contributed by atoms with Gasteiger partial charge in [0.25, 0.3) is 0 Å². The van der Waals surface area contributed by atoms with Crippen molar-refractivity contribution in [2.75, 3.05) is 5.32 Å². The highest BCUT2D eigenvalue weighted by molar-refractivity contribution is 7.15. The smallest absolute Gasteiger partial charge is 0.302 e. The molecule has 0 unspecified atom stereocenters. The van der Waals surface area contributed by atoms with Gasteiger partial charge in [0.15, 0.2) is 5.13 Å². The van der Waals surface area contributed by atoms with Gasteiger partial charge in [-0.15, -0.1) is 11.3 Å². The van der Waals surface area contributed by atoms with Crippen molar-refractivity contribution in [2.45, 2.75) is 25.4 Å². The Balaban J connectivity index is 1.53. The first-order valence-corrected chi connectivity index (χ1v) is 9.01. The van der Waals surface area contributed by atoms with E-state index >= 15 is 0 Å². The van der Waals surface area contributed by atoms with Crippen LogP contribution in [0.5, 0.6) is 0 Å². The Kier molecular flexibility index (Phi) is 5.85. The minimum Gasteiger partial charge on any atom is -0.302 e. The summed E-state index contributed by atoms with van der Waals surface area (Å²) in [7, 11) is 0. The van der Waals surface area contributed by atoms with Crippen LogP contribution >= 0.6 is 11.3 Å². The molecule has 0 saturated heterocycles. The molecule has 0 saturated carbocycles. The number of aromatic nitrogens is 2. The number of pyridine rings is 1. The molecular weight excluding hydrogens is 375 g/mol. The van der Waals surface area contributed by atoms with Crippen LogP contribution < -0.4 is 5.32 Å². The zero-order valence-corrected chi connectivity index (χ0v) is 15.0. The highest BCUT2D eigenvalue weighted by Crippen LogP contribution is 2.30. The van der Waals surface area contributed by atoms with Crippen LogP contribution in [0.3, 0.4) is 0 Å². The van der Waals surface area contributed by atoms with Crippen LogP contribution in [0, 0.1) is 0 Å². The van der Waals surface area contributed by atoms with Crippen LogP contribution in [0.4, 0.5) is 18.3 Å². The fourth-order valence-corrected chi connectivity index (χ4v) is 3.31. The van der Waals surface area contributed by atoms with Gasteiger partial charge in [0.05, 0.1) is 5.56 Å². The fourth-order valence-electron chi connectivity index (χ4n) is 2.45. The van der Waals surface area contributed by atoms with Crippen molar-refractivity contribution in [3.8, 4) is 0 Å². The number of anilines is 1. The average Bonchev–Trinajstić information content (AvgIpc) is 3.07. The van der Waals surface area contributed by atoms with Crippen LogP contribution in [-0.2, 0) is 23.8 Å². The quantitative estimate of drug-likeness (QED) is 0.662. The SMILES string of the molecule is O=C(CCc1ccncc1)Nc1ncc(Cc2ccc(C(F)(F)F)cc2)s1. The van der Waals surface area contributed by atoms with Gasteiger partial charge in [-0.1, -0.05) is 12.1 Å². The molecule has 0 atom stereocenters. The van der Waals surface area contributed by atoms with Gasteiger partial charge in [-0.3, -0.25) is 9.78 Å². The predicted octanol–water partition coefficient (Wildman–Crippen LogP) is 4.72. The van der Waals surface area contributed by atoms with Crippen molar-refractivity contribution in [3.63, 3.8) is 0 Å². The first-order chi connectivity index (χ1) is 12.9. The van der Waals surface area contributed by atoms with Gasteiger partial charge in [-0.05, 0) is 41.8 Å². The molecular formula is C19H16F3N3OS. The predicted molar refractivity (Wildman–Crippen MR) is 97.6 cm³/mol. The third-order valence-corrected chi connectivity index (χ3v) is 4.76. The second-order valence-electron chi connectivity index (χ2n) is 5.91. The van der Waals surface area contributed by atoms with E-state index in [1.54, 1.807) is 18.6 Å². The first kappa shape index (κ1) is 19.0. The molecule has 2 heterocycles. The second-order valence-corrected chi connectivity index (χ2v) is 7.02. The van der Waals surface area contributed by atoms with E-state index in [1.165, 1.54) is 23.5 Å². The molecule has 8 heteroatoms. The zero-order chi connectivity index (χ0) is 19.3. The molecule has 140 valence electrons. The molecule has 2 aromatic heterocycles. The molecule has 0 aliphatic rings. The molecule has 1 aromatic carbocycles. The van der Waals surface area contributed by atoms with E-state index in [2.05, 4.69) is 15.3 Å². The summed E-state index contributed by atoms with van der Waals surface area (Å²) in [5.74, 6) is -0.137. The lowest BCUT2D eigenvalue weighted by Gasteiger charge is -2.06. The van der Waals surface area contributed by atoms with E-state index < -0.39 is 11.7 Å². The number of halogens is 3. The van der Waals surface area contributed by atoms with Crippen molar-refractivity contribution in [1.29, 1.82) is 0 Å². The number of rotatable bonds is 6. The maximum Gasteiger partial charge on any atom is 0.416 e. The van der Waals surface area contributed by atoms with Crippen molar-refractivity contribution < 1.29 is 18.0 Å². The van der Waals surface area contributed by atoms with Crippen LogP contribution in [0.1, 0.15) is 28.0 Å². The van der Waals surface area contributed by atoms with Crippen molar-refractivity contribution in [2.24, 2.45) is 0 Å². The summed E-state index contributed by atoms with van der Waals surface area (Å²) in [6.07, 6.45) is 2.05. The average molecular weight is 391 g/mol. The Hall–Kier alpha value is -2.74. The van der Waals surface area contributed by atoms with Gasteiger partial charge in [0.1, 0.15) is 0 Å². The summed E-state index contributed by atoms with van der Waals surface area (Å²) in [6, 6.07) is 8.76. The number of hydrogen-bond donors (Lipinski definition) is 1. The molecule has 1 amide bonds. The number of aryl methyl sites for hydroxylation is 1. The van der Waals surface area contributed by atoms with Gasteiger partial charge in [0, 0.05) is 36.3 Å². The van der Waals surface area contributed by atoms with Crippen LogP contribution in [-0.4, -0.2) is 15.9 Å². The number of hydrogen-bond acceptors (Lipinski definition) is 4. The Labute approximate surface area is 158 Å². The minimum absolute atomic E-state index is 0.137. The van der Waals surface area contributed by atoms with Gasteiger partial charge in [-0.25, -0.2) is 4.98 Å². The maximum atomic E-state index is 12.6. The first-order valence-electron chi connectivity index (χ1n) is 8.20. The Bertz CT molecular complexity index is 893. The second kappa shape index (κ2) is 8.30. The zero-order valence-electron chi connectivity index (χ0n) is 14.2. The number of nitrogens with one attached hydrogen (secondary N) is 1. The number of amides is 1. The van der Waals surface area contributed by atoms with Gasteiger partial charge >= 0.3 is 6.18 Å². The number of benzene rings is 1. The molecule has 0 spiro atoms. The Morgan fingerprint density at radius 2 is 1.74 bits per heavy atom. The number of alkyl halides is 3.